The largest absolute Gasteiger partial charge is 0.504 e. The van der Waals surface area contributed by atoms with E-state index in [1.807, 2.05) is 6.07 Å². The lowest BCUT2D eigenvalue weighted by atomic mass is 9.93. The highest BCUT2D eigenvalue weighted by atomic mass is 16.5. The highest BCUT2D eigenvalue weighted by molar-refractivity contribution is 6.27. The first-order valence-electron chi connectivity index (χ1n) is 7.97. The average Bonchev–Trinajstić information content (AvgIpc) is 2.95. The smallest absolute Gasteiger partial charge is 0.204 e. The van der Waals surface area contributed by atoms with Crippen molar-refractivity contribution in [3.8, 4) is 39.9 Å². The molecule has 1 heterocycles. The van der Waals surface area contributed by atoms with Crippen molar-refractivity contribution in [2.75, 3.05) is 35.0 Å². The van der Waals surface area contributed by atoms with E-state index in [1.165, 1.54) is 7.11 Å². The van der Waals surface area contributed by atoms with Gasteiger partial charge in [0.15, 0.2) is 23.0 Å². The van der Waals surface area contributed by atoms with Crippen LogP contribution >= 0.6 is 0 Å². The van der Waals surface area contributed by atoms with E-state index in [4.69, 9.17) is 23.9 Å². The molecule has 0 bridgehead atoms. The number of rotatable bonds is 4. The van der Waals surface area contributed by atoms with Crippen LogP contribution in [0.4, 0.5) is 0 Å². The molecule has 0 fully saturated rings. The Morgan fingerprint density at radius 3 is 2.20 bits per heavy atom. The molecule has 130 valence electrons. The van der Waals surface area contributed by atoms with Crippen LogP contribution in [-0.2, 0) is 6.42 Å². The lowest BCUT2D eigenvalue weighted by Gasteiger charge is -2.22. The number of methoxy groups -OCH3 is 4. The van der Waals surface area contributed by atoms with Gasteiger partial charge in [0, 0.05) is 28.8 Å². The second-order valence-corrected chi connectivity index (χ2v) is 5.88. The number of fused-ring (bicyclic) bond motifs is 3. The molecule has 2 aliphatic rings. The topological polar surface area (TPSA) is 69.5 Å². The molecular weight excluding hydrogens is 322 g/mol. The Balaban J connectivity index is 2.16. The van der Waals surface area contributed by atoms with E-state index in [1.54, 1.807) is 27.4 Å². The summed E-state index contributed by atoms with van der Waals surface area (Å²) in [5.41, 5.74) is 5.57. The van der Waals surface area contributed by atoms with Gasteiger partial charge in [-0.3, -0.25) is 4.99 Å². The van der Waals surface area contributed by atoms with Crippen LogP contribution in [0.1, 0.15) is 16.7 Å². The minimum atomic E-state index is 0.0850. The minimum Gasteiger partial charge on any atom is -0.504 e. The van der Waals surface area contributed by atoms with E-state index in [9.17, 15) is 5.11 Å². The van der Waals surface area contributed by atoms with Gasteiger partial charge in [-0.25, -0.2) is 0 Å². The molecule has 2 aromatic carbocycles. The van der Waals surface area contributed by atoms with Gasteiger partial charge < -0.3 is 24.1 Å². The molecule has 0 aromatic heterocycles. The molecule has 0 saturated heterocycles. The van der Waals surface area contributed by atoms with Crippen molar-refractivity contribution in [3.05, 3.63) is 28.8 Å². The molecule has 0 atom stereocenters. The first-order valence-corrected chi connectivity index (χ1v) is 7.97. The molecular formula is C19H19NO5. The molecule has 4 rings (SSSR count). The number of phenolic OH excluding ortho intramolecular Hbond substituents is 1. The SMILES string of the molecule is COc1cc2c(cc1O)C1=NCCc3c(OC)c(OC)c(OC)c-2c31. The molecule has 1 aliphatic carbocycles. The molecule has 0 amide bonds. The highest BCUT2D eigenvalue weighted by Gasteiger charge is 2.38. The van der Waals surface area contributed by atoms with Gasteiger partial charge >= 0.3 is 0 Å². The molecule has 6 nitrogen and oxygen atoms in total. The Morgan fingerprint density at radius 1 is 0.840 bits per heavy atom. The van der Waals surface area contributed by atoms with Crippen molar-refractivity contribution in [1.29, 1.82) is 0 Å². The van der Waals surface area contributed by atoms with Gasteiger partial charge in [-0.05, 0) is 24.1 Å². The van der Waals surface area contributed by atoms with Gasteiger partial charge in [0.1, 0.15) is 0 Å². The maximum Gasteiger partial charge on any atom is 0.204 e. The second-order valence-electron chi connectivity index (χ2n) is 5.88. The molecule has 6 heteroatoms. The standard InChI is InChI=1S/C19H19NO5/c1-22-13-8-10-11(7-12(13)21)16-14-9(5-6-20-16)17(23-2)19(25-4)18(24-3)15(10)14/h7-8,21H,5-6H2,1-4H3. The van der Waals surface area contributed by atoms with E-state index in [2.05, 4.69) is 0 Å². The van der Waals surface area contributed by atoms with Gasteiger partial charge in [0.25, 0.3) is 0 Å². The summed E-state index contributed by atoms with van der Waals surface area (Å²) in [7, 11) is 6.37. The van der Waals surface area contributed by atoms with Crippen LogP contribution in [-0.4, -0.2) is 45.8 Å². The van der Waals surface area contributed by atoms with Gasteiger partial charge in [0.2, 0.25) is 5.75 Å². The Labute approximate surface area is 145 Å². The van der Waals surface area contributed by atoms with E-state index in [-0.39, 0.29) is 5.75 Å². The zero-order valence-corrected chi connectivity index (χ0v) is 14.6. The summed E-state index contributed by atoms with van der Waals surface area (Å²) in [6, 6.07) is 3.51. The molecule has 0 radical (unpaired) electrons. The third-order valence-electron chi connectivity index (χ3n) is 4.79. The van der Waals surface area contributed by atoms with Crippen LogP contribution < -0.4 is 18.9 Å². The van der Waals surface area contributed by atoms with Crippen LogP contribution in [0.3, 0.4) is 0 Å². The van der Waals surface area contributed by atoms with Crippen LogP contribution in [0, 0.1) is 0 Å². The van der Waals surface area contributed by atoms with Crippen molar-refractivity contribution in [1.82, 2.24) is 0 Å². The summed E-state index contributed by atoms with van der Waals surface area (Å²) in [5.74, 6) is 2.33. The monoisotopic (exact) mass is 341 g/mol. The number of ether oxygens (including phenoxy) is 4. The lowest BCUT2D eigenvalue weighted by molar-refractivity contribution is 0.323. The highest BCUT2D eigenvalue weighted by Crippen LogP contribution is 2.56. The fourth-order valence-electron chi connectivity index (χ4n) is 3.80. The van der Waals surface area contributed by atoms with Crippen molar-refractivity contribution in [2.24, 2.45) is 4.99 Å². The molecule has 0 unspecified atom stereocenters. The Morgan fingerprint density at radius 2 is 1.56 bits per heavy atom. The van der Waals surface area contributed by atoms with E-state index < -0.39 is 0 Å². The maximum absolute atomic E-state index is 10.2. The summed E-state index contributed by atoms with van der Waals surface area (Å²) in [5, 5.41) is 10.2. The number of benzene rings is 2. The fourth-order valence-corrected chi connectivity index (χ4v) is 3.80. The van der Waals surface area contributed by atoms with Crippen molar-refractivity contribution >= 4 is 5.71 Å². The van der Waals surface area contributed by atoms with Gasteiger partial charge in [-0.15, -0.1) is 0 Å². The maximum atomic E-state index is 10.2. The second kappa shape index (κ2) is 5.58. The first-order chi connectivity index (χ1) is 12.2. The number of aliphatic imine (C=N–C) groups is 1. The van der Waals surface area contributed by atoms with Gasteiger partial charge in [-0.2, -0.15) is 0 Å². The predicted octanol–water partition coefficient (Wildman–Crippen LogP) is 2.80. The quantitative estimate of drug-likeness (QED) is 0.790. The normalized spacial score (nSPS) is 13.7. The van der Waals surface area contributed by atoms with Crippen molar-refractivity contribution < 1.29 is 24.1 Å². The zero-order chi connectivity index (χ0) is 17.7. The molecule has 25 heavy (non-hydrogen) atoms. The van der Waals surface area contributed by atoms with Crippen LogP contribution in [0.25, 0.3) is 11.1 Å². The summed E-state index contributed by atoms with van der Waals surface area (Å²) in [6.07, 6.45) is 0.756. The molecule has 2 aromatic rings. The van der Waals surface area contributed by atoms with Crippen LogP contribution in [0.5, 0.6) is 28.7 Å². The van der Waals surface area contributed by atoms with Crippen molar-refractivity contribution in [3.63, 3.8) is 0 Å². The minimum absolute atomic E-state index is 0.0850. The van der Waals surface area contributed by atoms with Gasteiger partial charge in [0.05, 0.1) is 34.2 Å². The Hall–Kier alpha value is -2.89. The predicted molar refractivity (Wildman–Crippen MR) is 94.0 cm³/mol. The number of nitrogens with zero attached hydrogens (tertiary/aromatic N) is 1. The number of hydrogen-bond acceptors (Lipinski definition) is 6. The van der Waals surface area contributed by atoms with E-state index in [0.717, 1.165) is 39.9 Å². The third kappa shape index (κ3) is 1.94. The molecule has 1 aliphatic heterocycles. The zero-order valence-electron chi connectivity index (χ0n) is 14.6. The summed E-state index contributed by atoms with van der Waals surface area (Å²) < 4.78 is 22.2. The third-order valence-corrected chi connectivity index (χ3v) is 4.79. The van der Waals surface area contributed by atoms with Crippen molar-refractivity contribution in [2.45, 2.75) is 6.42 Å². The Kier molecular flexibility index (Phi) is 3.49. The van der Waals surface area contributed by atoms with E-state index >= 15 is 0 Å². The van der Waals surface area contributed by atoms with Gasteiger partial charge in [-0.1, -0.05) is 0 Å². The fraction of sp³-hybridized carbons (Fsp3) is 0.316. The summed E-state index contributed by atoms with van der Waals surface area (Å²) in [4.78, 5) is 4.70. The van der Waals surface area contributed by atoms with E-state index in [0.29, 0.717) is 29.5 Å². The number of phenols is 1. The van der Waals surface area contributed by atoms with Crippen LogP contribution in [0.2, 0.25) is 0 Å². The Bertz CT molecular complexity index is 917. The number of aromatic hydroxyl groups is 1. The average molecular weight is 341 g/mol. The molecule has 0 spiro atoms. The lowest BCUT2D eigenvalue weighted by Crippen LogP contribution is -2.13. The summed E-state index contributed by atoms with van der Waals surface area (Å²) >= 11 is 0. The van der Waals surface area contributed by atoms with Crippen LogP contribution in [0.15, 0.2) is 17.1 Å². The first kappa shape index (κ1) is 15.6. The molecule has 1 N–H and O–H groups in total. The number of hydrogen-bond donors (Lipinski definition) is 1. The summed E-state index contributed by atoms with van der Waals surface area (Å²) in [6.45, 7) is 0.653. The molecule has 0 saturated carbocycles.